The maximum absolute atomic E-state index is 13.3. The normalized spacial score (nSPS) is 17.2. The number of hydrogen-bond donors (Lipinski definition) is 1. The molecule has 0 bridgehead atoms. The number of aromatic nitrogens is 4. The monoisotopic (exact) mass is 376 g/mol. The molecule has 4 rings (SSSR count). The number of carbonyl (C=O) groups is 1. The van der Waals surface area contributed by atoms with Crippen molar-refractivity contribution in [3.05, 3.63) is 65.5 Å². The number of rotatable bonds is 4. The van der Waals surface area contributed by atoms with Crippen molar-refractivity contribution >= 4 is 16.8 Å². The van der Waals surface area contributed by atoms with E-state index < -0.39 is 0 Å². The fraction of sp³-hybridized carbons (Fsp3) is 0.333. The smallest absolute Gasteiger partial charge is 0.292 e. The number of fused-ring (bicyclic) bond motifs is 1. The summed E-state index contributed by atoms with van der Waals surface area (Å²) in [6.45, 7) is 5.58. The highest BCUT2D eigenvalue weighted by Crippen LogP contribution is 2.35. The molecule has 1 atom stereocenters. The number of nitrogens with zero attached hydrogens (tertiary/aromatic N) is 5. The van der Waals surface area contributed by atoms with Gasteiger partial charge in [0, 0.05) is 31.2 Å². The van der Waals surface area contributed by atoms with E-state index in [0.717, 1.165) is 35.3 Å². The highest BCUT2D eigenvalue weighted by molar-refractivity contribution is 5.91. The van der Waals surface area contributed by atoms with Gasteiger partial charge < -0.3 is 10.2 Å². The first-order valence-corrected chi connectivity index (χ1v) is 9.54. The van der Waals surface area contributed by atoms with Crippen LogP contribution in [0.1, 0.15) is 42.6 Å². The van der Waals surface area contributed by atoms with Gasteiger partial charge in [-0.25, -0.2) is 9.67 Å². The van der Waals surface area contributed by atoms with Crippen LogP contribution in [0, 0.1) is 0 Å². The molecule has 28 heavy (non-hydrogen) atoms. The van der Waals surface area contributed by atoms with Gasteiger partial charge in [-0.3, -0.25) is 9.78 Å². The maximum atomic E-state index is 13.3. The van der Waals surface area contributed by atoms with Crippen LogP contribution in [-0.4, -0.2) is 43.6 Å². The number of likely N-dealkylation sites (N-methyl/N-ethyl adjacent to an activating group) is 1. The molecule has 0 unspecified atom stereocenters. The lowest BCUT2D eigenvalue weighted by Gasteiger charge is -2.38. The Bertz CT molecular complexity index is 1050. The molecule has 7 heteroatoms. The standard InChI is InChI=1S/C21H24N6O/c1-4-22-18-14(2)11-12-27(21(28)20-23-13-24-26(20)3)19(18)17-10-9-15-7-5-6-8-16(15)25-17/h5-10,13,19,22H,4,11-12H2,1-3H3/t19-/m1/s1. The predicted molar refractivity (Wildman–Crippen MR) is 108 cm³/mol. The van der Waals surface area contributed by atoms with E-state index >= 15 is 0 Å². The summed E-state index contributed by atoms with van der Waals surface area (Å²) in [5, 5.41) is 8.62. The Kier molecular flexibility index (Phi) is 4.81. The summed E-state index contributed by atoms with van der Waals surface area (Å²) in [6, 6.07) is 11.8. The highest BCUT2D eigenvalue weighted by Gasteiger charge is 2.35. The number of carbonyl (C=O) groups excluding carboxylic acids is 1. The molecule has 0 spiro atoms. The van der Waals surface area contributed by atoms with Gasteiger partial charge >= 0.3 is 0 Å². The zero-order valence-corrected chi connectivity index (χ0v) is 16.4. The first-order valence-electron chi connectivity index (χ1n) is 9.54. The van der Waals surface area contributed by atoms with E-state index in [9.17, 15) is 4.79 Å². The van der Waals surface area contributed by atoms with Crippen LogP contribution in [0.15, 0.2) is 54.0 Å². The Morgan fingerprint density at radius 3 is 2.82 bits per heavy atom. The van der Waals surface area contributed by atoms with Crippen LogP contribution in [0.3, 0.4) is 0 Å². The molecular weight excluding hydrogens is 352 g/mol. The summed E-state index contributed by atoms with van der Waals surface area (Å²) in [5.74, 6) is 0.198. The lowest BCUT2D eigenvalue weighted by Crippen LogP contribution is -2.44. The second-order valence-electron chi connectivity index (χ2n) is 7.01. The molecule has 1 aliphatic heterocycles. The van der Waals surface area contributed by atoms with Crippen molar-refractivity contribution in [2.75, 3.05) is 13.1 Å². The van der Waals surface area contributed by atoms with Crippen molar-refractivity contribution in [3.8, 4) is 0 Å². The Morgan fingerprint density at radius 2 is 2.07 bits per heavy atom. The summed E-state index contributed by atoms with van der Waals surface area (Å²) in [7, 11) is 1.74. The molecule has 1 aliphatic rings. The van der Waals surface area contributed by atoms with Gasteiger partial charge in [-0.2, -0.15) is 5.10 Å². The molecule has 0 aliphatic carbocycles. The zero-order chi connectivity index (χ0) is 19.7. The van der Waals surface area contributed by atoms with Gasteiger partial charge in [-0.1, -0.05) is 29.8 Å². The molecule has 1 aromatic carbocycles. The van der Waals surface area contributed by atoms with E-state index in [1.165, 1.54) is 16.6 Å². The van der Waals surface area contributed by atoms with E-state index in [-0.39, 0.29) is 11.9 Å². The molecule has 0 saturated heterocycles. The summed E-state index contributed by atoms with van der Waals surface area (Å²) in [5.41, 5.74) is 4.07. The van der Waals surface area contributed by atoms with E-state index in [4.69, 9.17) is 4.98 Å². The number of benzene rings is 1. The molecule has 0 saturated carbocycles. The van der Waals surface area contributed by atoms with Crippen molar-refractivity contribution in [2.45, 2.75) is 26.3 Å². The number of nitrogens with one attached hydrogen (secondary N) is 1. The van der Waals surface area contributed by atoms with Gasteiger partial charge in [0.05, 0.1) is 11.2 Å². The fourth-order valence-electron chi connectivity index (χ4n) is 3.76. The van der Waals surface area contributed by atoms with Crippen molar-refractivity contribution in [3.63, 3.8) is 0 Å². The molecule has 1 N–H and O–H groups in total. The first kappa shape index (κ1) is 18.2. The van der Waals surface area contributed by atoms with Gasteiger partial charge in [-0.15, -0.1) is 0 Å². The molecule has 3 aromatic rings. The van der Waals surface area contributed by atoms with Crippen molar-refractivity contribution < 1.29 is 4.79 Å². The second kappa shape index (κ2) is 7.42. The first-order chi connectivity index (χ1) is 13.6. The number of aryl methyl sites for hydroxylation is 1. The average molecular weight is 376 g/mol. The lowest BCUT2D eigenvalue weighted by atomic mass is 9.95. The minimum Gasteiger partial charge on any atom is -0.387 e. The Hall–Kier alpha value is -3.22. The van der Waals surface area contributed by atoms with Crippen LogP contribution >= 0.6 is 0 Å². The molecule has 144 valence electrons. The number of amides is 1. The largest absolute Gasteiger partial charge is 0.387 e. The topological polar surface area (TPSA) is 75.9 Å². The van der Waals surface area contributed by atoms with Crippen molar-refractivity contribution in [1.29, 1.82) is 0 Å². The lowest BCUT2D eigenvalue weighted by molar-refractivity contribution is 0.0664. The van der Waals surface area contributed by atoms with Crippen LogP contribution in [0.4, 0.5) is 0 Å². The van der Waals surface area contributed by atoms with Gasteiger partial charge in [0.25, 0.3) is 5.91 Å². The summed E-state index contributed by atoms with van der Waals surface area (Å²) in [4.78, 5) is 24.2. The van der Waals surface area contributed by atoms with Crippen LogP contribution in [0.5, 0.6) is 0 Å². The molecule has 0 fully saturated rings. The third-order valence-electron chi connectivity index (χ3n) is 5.20. The van der Waals surface area contributed by atoms with Crippen LogP contribution < -0.4 is 5.32 Å². The summed E-state index contributed by atoms with van der Waals surface area (Å²) in [6.07, 6.45) is 2.22. The van der Waals surface area contributed by atoms with Gasteiger partial charge in [0.1, 0.15) is 12.4 Å². The van der Waals surface area contributed by atoms with E-state index in [2.05, 4.69) is 35.3 Å². The SMILES string of the molecule is CCNC1=C(C)CCN(C(=O)c2ncnn2C)[C@@H]1c1ccc2ccccc2n1. The van der Waals surface area contributed by atoms with Gasteiger partial charge in [-0.05, 0) is 32.4 Å². The minimum absolute atomic E-state index is 0.136. The maximum Gasteiger partial charge on any atom is 0.292 e. The predicted octanol–water partition coefficient (Wildman–Crippen LogP) is 2.83. The van der Waals surface area contributed by atoms with Crippen LogP contribution in [0.2, 0.25) is 0 Å². The molecule has 7 nitrogen and oxygen atoms in total. The third kappa shape index (κ3) is 3.13. The van der Waals surface area contributed by atoms with Crippen LogP contribution in [-0.2, 0) is 7.05 Å². The zero-order valence-electron chi connectivity index (χ0n) is 16.4. The summed E-state index contributed by atoms with van der Waals surface area (Å²) >= 11 is 0. The average Bonchev–Trinajstić information content (AvgIpc) is 3.14. The molecule has 3 heterocycles. The van der Waals surface area contributed by atoms with Gasteiger partial charge in [0.2, 0.25) is 5.82 Å². The molecule has 2 aromatic heterocycles. The summed E-state index contributed by atoms with van der Waals surface area (Å²) < 4.78 is 1.52. The van der Waals surface area contributed by atoms with Crippen LogP contribution in [0.25, 0.3) is 10.9 Å². The second-order valence-corrected chi connectivity index (χ2v) is 7.01. The fourth-order valence-corrected chi connectivity index (χ4v) is 3.76. The van der Waals surface area contributed by atoms with E-state index in [1.54, 1.807) is 7.05 Å². The van der Waals surface area contributed by atoms with E-state index in [1.807, 2.05) is 35.2 Å². The third-order valence-corrected chi connectivity index (χ3v) is 5.20. The highest BCUT2D eigenvalue weighted by atomic mass is 16.2. The minimum atomic E-state index is -0.275. The number of hydrogen-bond acceptors (Lipinski definition) is 5. The Morgan fingerprint density at radius 1 is 1.25 bits per heavy atom. The van der Waals surface area contributed by atoms with E-state index in [0.29, 0.717) is 12.4 Å². The van der Waals surface area contributed by atoms with Gasteiger partial charge in [0.15, 0.2) is 0 Å². The number of pyridine rings is 1. The molecule has 1 amide bonds. The van der Waals surface area contributed by atoms with Crippen molar-refractivity contribution in [2.24, 2.45) is 7.05 Å². The molecular formula is C21H24N6O. The Balaban J connectivity index is 1.83. The molecule has 0 radical (unpaired) electrons. The van der Waals surface area contributed by atoms with Crippen molar-refractivity contribution in [1.82, 2.24) is 30.0 Å². The Labute approximate surface area is 164 Å². The number of para-hydroxylation sites is 1. The quantitative estimate of drug-likeness (QED) is 0.758.